The number of aromatic nitrogens is 2. The molecule has 1 aromatic rings. The molecule has 1 amide bonds. The van der Waals surface area contributed by atoms with Crippen molar-refractivity contribution in [2.45, 2.75) is 58.0 Å². The number of carbonyl (C=O) groups is 1. The Bertz CT molecular complexity index is 622. The number of nitrogens with zero attached hydrogens (tertiary/aromatic N) is 3. The number of piperidine rings is 1. The van der Waals surface area contributed by atoms with E-state index >= 15 is 0 Å². The van der Waals surface area contributed by atoms with Gasteiger partial charge in [-0.15, -0.1) is 24.8 Å². The largest absolute Gasteiger partial charge is 0.339 e. The van der Waals surface area contributed by atoms with Crippen LogP contribution in [0.3, 0.4) is 0 Å². The highest BCUT2D eigenvalue weighted by atomic mass is 35.5. The molecule has 0 aliphatic carbocycles. The lowest BCUT2D eigenvalue weighted by atomic mass is 9.77. The van der Waals surface area contributed by atoms with Crippen molar-refractivity contribution in [3.8, 4) is 0 Å². The average molecular weight is 420 g/mol. The molecule has 1 spiro atoms. The summed E-state index contributed by atoms with van der Waals surface area (Å²) < 4.78 is 0. The standard InChI is InChI=1S/C19H33N5O.2ClH/c1-18(2,3)16-10-14(21-22-16)12-23(4)17(25)15-11-19(13-24(15)5)6-8-20-9-7-19;;/h10,15,20H,6-9,11-13H2,1-5H3,(H,21,22);2*1H. The molecule has 2 fully saturated rings. The van der Waals surface area contributed by atoms with Gasteiger partial charge < -0.3 is 10.2 Å². The van der Waals surface area contributed by atoms with Gasteiger partial charge in [-0.3, -0.25) is 14.8 Å². The van der Waals surface area contributed by atoms with Gasteiger partial charge in [0.05, 0.1) is 24.0 Å². The third kappa shape index (κ3) is 5.37. The molecular weight excluding hydrogens is 385 g/mol. The van der Waals surface area contributed by atoms with Gasteiger partial charge in [0.25, 0.3) is 0 Å². The van der Waals surface area contributed by atoms with Crippen LogP contribution < -0.4 is 5.32 Å². The number of likely N-dealkylation sites (N-methyl/N-ethyl adjacent to an activating group) is 2. The predicted octanol–water partition coefficient (Wildman–Crippen LogP) is 2.58. The van der Waals surface area contributed by atoms with Crippen molar-refractivity contribution in [3.05, 3.63) is 17.5 Å². The molecule has 0 radical (unpaired) electrons. The minimum atomic E-state index is 0. The van der Waals surface area contributed by atoms with Crippen molar-refractivity contribution in [2.75, 3.05) is 33.7 Å². The lowest BCUT2D eigenvalue weighted by Gasteiger charge is -2.33. The van der Waals surface area contributed by atoms with E-state index in [2.05, 4.69) is 54.3 Å². The molecule has 0 aromatic carbocycles. The van der Waals surface area contributed by atoms with Gasteiger partial charge >= 0.3 is 0 Å². The molecule has 8 heteroatoms. The molecule has 2 aliphatic rings. The number of carbonyl (C=O) groups excluding carboxylic acids is 1. The van der Waals surface area contributed by atoms with E-state index in [1.165, 1.54) is 12.8 Å². The van der Waals surface area contributed by atoms with Gasteiger partial charge in [0.2, 0.25) is 5.91 Å². The smallest absolute Gasteiger partial charge is 0.240 e. The fraction of sp³-hybridized carbons (Fsp3) is 0.789. The number of hydrogen-bond acceptors (Lipinski definition) is 4. The number of H-pyrrole nitrogens is 1. The van der Waals surface area contributed by atoms with E-state index in [4.69, 9.17) is 0 Å². The summed E-state index contributed by atoms with van der Waals surface area (Å²) in [6.07, 6.45) is 3.35. The molecular formula is C19H35Cl2N5O. The van der Waals surface area contributed by atoms with Gasteiger partial charge in [-0.1, -0.05) is 20.8 Å². The number of nitrogens with one attached hydrogen (secondary N) is 2. The summed E-state index contributed by atoms with van der Waals surface area (Å²) in [4.78, 5) is 17.1. The molecule has 1 unspecified atom stereocenters. The van der Waals surface area contributed by atoms with Crippen molar-refractivity contribution in [1.82, 2.24) is 25.3 Å². The summed E-state index contributed by atoms with van der Waals surface area (Å²) in [6.45, 7) is 10.2. The average Bonchev–Trinajstić information content (AvgIpc) is 3.12. The molecule has 0 saturated carbocycles. The Morgan fingerprint density at radius 2 is 1.96 bits per heavy atom. The lowest BCUT2D eigenvalue weighted by molar-refractivity contribution is -0.134. The van der Waals surface area contributed by atoms with E-state index in [0.717, 1.165) is 37.4 Å². The molecule has 1 atom stereocenters. The Morgan fingerprint density at radius 3 is 2.52 bits per heavy atom. The van der Waals surface area contributed by atoms with Crippen molar-refractivity contribution >= 4 is 30.7 Å². The van der Waals surface area contributed by atoms with Crippen molar-refractivity contribution < 1.29 is 4.79 Å². The van der Waals surface area contributed by atoms with E-state index in [-0.39, 0.29) is 42.2 Å². The molecule has 0 bridgehead atoms. The van der Waals surface area contributed by atoms with Crippen molar-refractivity contribution in [3.63, 3.8) is 0 Å². The van der Waals surface area contributed by atoms with E-state index in [1.807, 2.05) is 11.9 Å². The van der Waals surface area contributed by atoms with E-state index in [9.17, 15) is 4.79 Å². The Kier molecular flexibility index (Phi) is 8.18. The Labute approximate surface area is 175 Å². The van der Waals surface area contributed by atoms with Gasteiger partial charge in [0.15, 0.2) is 0 Å². The molecule has 156 valence electrons. The molecule has 27 heavy (non-hydrogen) atoms. The summed E-state index contributed by atoms with van der Waals surface area (Å²) in [6, 6.07) is 2.09. The maximum absolute atomic E-state index is 13.0. The zero-order valence-electron chi connectivity index (χ0n) is 17.2. The molecule has 3 rings (SSSR count). The van der Waals surface area contributed by atoms with Crippen LogP contribution in [0.15, 0.2) is 6.07 Å². The minimum Gasteiger partial charge on any atom is -0.339 e. The molecule has 1 aromatic heterocycles. The Hall–Kier alpha value is -0.820. The molecule has 2 aliphatic heterocycles. The summed E-state index contributed by atoms with van der Waals surface area (Å²) in [5, 5.41) is 10.9. The van der Waals surface area contributed by atoms with Crippen molar-refractivity contribution in [1.29, 1.82) is 0 Å². The van der Waals surface area contributed by atoms with Gasteiger partial charge in [-0.2, -0.15) is 5.10 Å². The van der Waals surface area contributed by atoms with Crippen LogP contribution in [0.4, 0.5) is 0 Å². The second-order valence-electron chi connectivity index (χ2n) is 9.11. The summed E-state index contributed by atoms with van der Waals surface area (Å²) >= 11 is 0. The normalized spacial score (nSPS) is 22.2. The number of amides is 1. The van der Waals surface area contributed by atoms with Crippen LogP contribution in [-0.4, -0.2) is 65.7 Å². The van der Waals surface area contributed by atoms with Gasteiger partial charge in [0, 0.05) is 19.0 Å². The molecule has 2 saturated heterocycles. The third-order valence-corrected chi connectivity index (χ3v) is 5.88. The number of aromatic amines is 1. The van der Waals surface area contributed by atoms with E-state index in [1.54, 1.807) is 0 Å². The minimum absolute atomic E-state index is 0. The molecule has 3 heterocycles. The van der Waals surface area contributed by atoms with Crippen LogP contribution in [0.2, 0.25) is 0 Å². The Morgan fingerprint density at radius 1 is 1.33 bits per heavy atom. The number of hydrogen-bond donors (Lipinski definition) is 2. The SMILES string of the molecule is CN(Cc1cc(C(C)(C)C)n[nH]1)C(=O)C1CC2(CCNCC2)CN1C.Cl.Cl. The second-order valence-corrected chi connectivity index (χ2v) is 9.11. The maximum Gasteiger partial charge on any atom is 0.240 e. The van der Waals surface area contributed by atoms with Crippen LogP contribution in [0.5, 0.6) is 0 Å². The van der Waals surface area contributed by atoms with Crippen LogP contribution >= 0.6 is 24.8 Å². The van der Waals surface area contributed by atoms with Gasteiger partial charge in [-0.05, 0) is 50.9 Å². The zero-order chi connectivity index (χ0) is 18.2. The molecule has 6 nitrogen and oxygen atoms in total. The van der Waals surface area contributed by atoms with Crippen molar-refractivity contribution in [2.24, 2.45) is 5.41 Å². The predicted molar refractivity (Wildman–Crippen MR) is 114 cm³/mol. The summed E-state index contributed by atoms with van der Waals surface area (Å²) in [5.41, 5.74) is 2.38. The fourth-order valence-electron chi connectivity index (χ4n) is 4.28. The number of likely N-dealkylation sites (tertiary alicyclic amines) is 1. The topological polar surface area (TPSA) is 64.3 Å². The first-order chi connectivity index (χ1) is 11.7. The van der Waals surface area contributed by atoms with Crippen LogP contribution in [0.1, 0.15) is 51.4 Å². The first-order valence-corrected chi connectivity index (χ1v) is 9.41. The number of halogens is 2. The lowest BCUT2D eigenvalue weighted by Crippen LogP contribution is -2.42. The third-order valence-electron chi connectivity index (χ3n) is 5.88. The van der Waals surface area contributed by atoms with E-state index in [0.29, 0.717) is 12.0 Å². The monoisotopic (exact) mass is 419 g/mol. The summed E-state index contributed by atoms with van der Waals surface area (Å²) in [5.74, 6) is 0.227. The van der Waals surface area contributed by atoms with Crippen LogP contribution in [0, 0.1) is 5.41 Å². The second kappa shape index (κ2) is 9.12. The van der Waals surface area contributed by atoms with E-state index < -0.39 is 0 Å². The molecule has 2 N–H and O–H groups in total. The quantitative estimate of drug-likeness (QED) is 0.789. The highest BCUT2D eigenvalue weighted by molar-refractivity contribution is 5.85. The van der Waals surface area contributed by atoms with Gasteiger partial charge in [0.1, 0.15) is 0 Å². The highest BCUT2D eigenvalue weighted by Crippen LogP contribution is 2.41. The number of rotatable bonds is 3. The zero-order valence-corrected chi connectivity index (χ0v) is 18.8. The van der Waals surface area contributed by atoms with Gasteiger partial charge in [-0.25, -0.2) is 0 Å². The highest BCUT2D eigenvalue weighted by Gasteiger charge is 2.46. The maximum atomic E-state index is 13.0. The first kappa shape index (κ1) is 24.2. The first-order valence-electron chi connectivity index (χ1n) is 9.41. The van der Waals surface area contributed by atoms with Crippen LogP contribution in [-0.2, 0) is 16.8 Å². The fourth-order valence-corrected chi connectivity index (χ4v) is 4.28. The summed E-state index contributed by atoms with van der Waals surface area (Å²) in [7, 11) is 4.00. The Balaban J connectivity index is 0.00000182. The van der Waals surface area contributed by atoms with Crippen LogP contribution in [0.25, 0.3) is 0 Å².